The number of nitrogens with one attached hydrogen (secondary N) is 1. The molecule has 0 aliphatic rings. The molecule has 0 saturated carbocycles. The lowest BCUT2D eigenvalue weighted by Crippen LogP contribution is -2.16. The summed E-state index contributed by atoms with van der Waals surface area (Å²) < 4.78 is 29.4. The predicted octanol–water partition coefficient (Wildman–Crippen LogP) is 3.72. The van der Waals surface area contributed by atoms with Crippen LogP contribution in [-0.4, -0.2) is 24.3 Å². The van der Waals surface area contributed by atoms with Crippen molar-refractivity contribution in [1.29, 1.82) is 0 Å². The third kappa shape index (κ3) is 4.61. The highest BCUT2D eigenvalue weighted by Crippen LogP contribution is 2.31. The Morgan fingerprint density at radius 1 is 1.13 bits per heavy atom. The number of amides is 1. The van der Waals surface area contributed by atoms with Gasteiger partial charge in [0.05, 0.1) is 4.90 Å². The zero-order valence-corrected chi connectivity index (χ0v) is 18.0. The number of thioether (sulfide) groups is 1. The Kier molecular flexibility index (Phi) is 5.77. The van der Waals surface area contributed by atoms with Gasteiger partial charge in [-0.1, -0.05) is 36.0 Å². The smallest absolute Gasteiger partial charge is 0.291 e. The minimum atomic E-state index is -3.92. The van der Waals surface area contributed by atoms with Crippen LogP contribution in [0.3, 0.4) is 0 Å². The zero-order chi connectivity index (χ0) is 22.0. The van der Waals surface area contributed by atoms with Crippen molar-refractivity contribution >= 4 is 44.3 Å². The summed E-state index contributed by atoms with van der Waals surface area (Å²) in [6.45, 7) is 1.63. The Balaban J connectivity index is 1.67. The fourth-order valence-corrected chi connectivity index (χ4v) is 4.73. The number of carbonyl (C=O) groups excluding carboxylic acids is 1. The molecule has 0 aliphatic heterocycles. The summed E-state index contributed by atoms with van der Waals surface area (Å²) >= 11 is 1.38. The molecule has 8 nitrogen and oxygen atoms in total. The molecule has 2 aromatic heterocycles. The van der Waals surface area contributed by atoms with Gasteiger partial charge in [0.25, 0.3) is 5.91 Å². The largest absolute Gasteiger partial charge is 0.451 e. The first-order valence-corrected chi connectivity index (χ1v) is 11.7. The maximum atomic E-state index is 13.0. The molecule has 3 N–H and O–H groups in total. The van der Waals surface area contributed by atoms with Gasteiger partial charge in [-0.25, -0.2) is 23.5 Å². The van der Waals surface area contributed by atoms with Gasteiger partial charge in [-0.2, -0.15) is 0 Å². The third-order valence-corrected chi connectivity index (χ3v) is 6.50. The lowest BCUT2D eigenvalue weighted by atomic mass is 10.1. The molecule has 31 heavy (non-hydrogen) atoms. The van der Waals surface area contributed by atoms with Crippen LogP contribution in [0.2, 0.25) is 0 Å². The number of primary sulfonamides is 1. The Morgan fingerprint density at radius 2 is 1.87 bits per heavy atom. The number of aromatic nitrogens is 2. The minimum Gasteiger partial charge on any atom is -0.451 e. The maximum Gasteiger partial charge on any atom is 0.291 e. The van der Waals surface area contributed by atoms with Crippen LogP contribution < -0.4 is 10.5 Å². The molecule has 1 amide bonds. The average Bonchev–Trinajstić information content (AvgIpc) is 3.12. The second-order valence-electron chi connectivity index (χ2n) is 6.71. The number of benzene rings is 2. The van der Waals surface area contributed by atoms with Crippen molar-refractivity contribution in [3.63, 3.8) is 0 Å². The van der Waals surface area contributed by atoms with Crippen molar-refractivity contribution in [2.75, 3.05) is 5.32 Å². The fourth-order valence-electron chi connectivity index (χ4n) is 3.09. The number of anilines is 1. The molecule has 10 heteroatoms. The van der Waals surface area contributed by atoms with E-state index in [9.17, 15) is 13.2 Å². The van der Waals surface area contributed by atoms with Crippen LogP contribution in [0.5, 0.6) is 0 Å². The number of hydrogen-bond donors (Lipinski definition) is 2. The summed E-state index contributed by atoms with van der Waals surface area (Å²) in [5.74, 6) is 0.0625. The van der Waals surface area contributed by atoms with Crippen LogP contribution in [-0.2, 0) is 15.8 Å². The molecule has 4 rings (SSSR count). The van der Waals surface area contributed by atoms with Crippen LogP contribution in [0.1, 0.15) is 21.7 Å². The summed E-state index contributed by atoms with van der Waals surface area (Å²) in [7, 11) is -3.92. The molecule has 4 aromatic rings. The number of sulfonamides is 1. The van der Waals surface area contributed by atoms with Crippen molar-refractivity contribution in [2.45, 2.75) is 22.7 Å². The normalized spacial score (nSPS) is 11.5. The lowest BCUT2D eigenvalue weighted by Gasteiger charge is -2.09. The highest BCUT2D eigenvalue weighted by atomic mass is 32.2. The van der Waals surface area contributed by atoms with Gasteiger partial charge in [0.2, 0.25) is 10.0 Å². The number of aryl methyl sites for hydroxylation is 1. The molecule has 0 saturated heterocycles. The summed E-state index contributed by atoms with van der Waals surface area (Å²) in [4.78, 5) is 21.4. The van der Waals surface area contributed by atoms with Crippen molar-refractivity contribution < 1.29 is 17.6 Å². The van der Waals surface area contributed by atoms with E-state index in [1.807, 2.05) is 18.2 Å². The summed E-state index contributed by atoms with van der Waals surface area (Å²) in [5, 5.41) is 9.36. The van der Waals surface area contributed by atoms with E-state index in [2.05, 4.69) is 15.3 Å². The number of rotatable bonds is 6. The van der Waals surface area contributed by atoms with Crippen LogP contribution >= 0.6 is 11.8 Å². The monoisotopic (exact) mass is 454 g/mol. The van der Waals surface area contributed by atoms with Gasteiger partial charge >= 0.3 is 0 Å². The number of carbonyl (C=O) groups is 1. The second kappa shape index (κ2) is 8.50. The fraction of sp³-hybridized carbons (Fsp3) is 0.0952. The van der Waals surface area contributed by atoms with Gasteiger partial charge in [0.1, 0.15) is 5.58 Å². The van der Waals surface area contributed by atoms with Gasteiger partial charge in [-0.05, 0) is 36.8 Å². The number of nitrogens with zero attached hydrogens (tertiary/aromatic N) is 2. The van der Waals surface area contributed by atoms with E-state index in [4.69, 9.17) is 9.56 Å². The standard InChI is InChI=1S/C21H18N4O4S2/c1-13-7-8-14(11-18(13)31(22,27)28)25-20(26)19-16(12-30-21-23-9-4-10-24-21)15-5-2-3-6-17(15)29-19/h2-11H,12H2,1H3,(H,25,26)(H2,22,27,28). The first kappa shape index (κ1) is 21.0. The maximum absolute atomic E-state index is 13.0. The highest BCUT2D eigenvalue weighted by Gasteiger charge is 2.22. The average molecular weight is 455 g/mol. The SMILES string of the molecule is Cc1ccc(NC(=O)c2oc3ccccc3c2CSc2ncccn2)cc1S(N)(=O)=O. The Morgan fingerprint density at radius 3 is 2.61 bits per heavy atom. The first-order chi connectivity index (χ1) is 14.8. The Bertz CT molecular complexity index is 1370. The number of nitrogens with two attached hydrogens (primary N) is 1. The van der Waals surface area contributed by atoms with E-state index < -0.39 is 15.9 Å². The molecular formula is C21H18N4O4S2. The van der Waals surface area contributed by atoms with Gasteiger partial charge < -0.3 is 9.73 Å². The van der Waals surface area contributed by atoms with Gasteiger partial charge in [0.15, 0.2) is 10.9 Å². The van der Waals surface area contributed by atoms with E-state index in [0.29, 0.717) is 33.3 Å². The van der Waals surface area contributed by atoms with Crippen LogP contribution in [0, 0.1) is 6.92 Å². The quantitative estimate of drug-likeness (QED) is 0.336. The number of para-hydroxylation sites is 1. The van der Waals surface area contributed by atoms with Crippen molar-refractivity contribution in [3.8, 4) is 0 Å². The number of hydrogen-bond acceptors (Lipinski definition) is 7. The van der Waals surface area contributed by atoms with Gasteiger partial charge in [0, 0.05) is 34.8 Å². The van der Waals surface area contributed by atoms with E-state index in [0.717, 1.165) is 5.39 Å². The molecule has 2 heterocycles. The molecule has 158 valence electrons. The van der Waals surface area contributed by atoms with Crippen molar-refractivity contribution in [1.82, 2.24) is 9.97 Å². The Hall–Kier alpha value is -3.21. The van der Waals surface area contributed by atoms with E-state index >= 15 is 0 Å². The van der Waals surface area contributed by atoms with Crippen LogP contribution in [0.25, 0.3) is 11.0 Å². The summed E-state index contributed by atoms with van der Waals surface area (Å²) in [5.41, 5.74) is 2.06. The van der Waals surface area contributed by atoms with Crippen LogP contribution in [0.4, 0.5) is 5.69 Å². The lowest BCUT2D eigenvalue weighted by molar-refractivity contribution is 0.0997. The zero-order valence-electron chi connectivity index (χ0n) is 16.4. The number of fused-ring (bicyclic) bond motifs is 1. The molecular weight excluding hydrogens is 436 g/mol. The van der Waals surface area contributed by atoms with Crippen LogP contribution in [0.15, 0.2) is 75.4 Å². The summed E-state index contributed by atoms with van der Waals surface area (Å²) in [6.07, 6.45) is 3.30. The van der Waals surface area contributed by atoms with Crippen molar-refractivity contribution in [3.05, 3.63) is 77.8 Å². The molecule has 0 spiro atoms. The molecule has 0 unspecified atom stereocenters. The molecule has 0 aliphatic carbocycles. The molecule has 2 aromatic carbocycles. The predicted molar refractivity (Wildman–Crippen MR) is 118 cm³/mol. The Labute approximate surface area is 182 Å². The third-order valence-electron chi connectivity index (χ3n) is 4.54. The van der Waals surface area contributed by atoms with E-state index in [1.165, 1.54) is 17.8 Å². The molecule has 0 bridgehead atoms. The molecule has 0 atom stereocenters. The highest BCUT2D eigenvalue weighted by molar-refractivity contribution is 7.98. The minimum absolute atomic E-state index is 0.0492. The van der Waals surface area contributed by atoms with E-state index in [-0.39, 0.29) is 10.7 Å². The van der Waals surface area contributed by atoms with Crippen molar-refractivity contribution in [2.24, 2.45) is 5.14 Å². The van der Waals surface area contributed by atoms with E-state index in [1.54, 1.807) is 43.6 Å². The topological polar surface area (TPSA) is 128 Å². The first-order valence-electron chi connectivity index (χ1n) is 9.18. The number of furan rings is 1. The molecule has 0 fully saturated rings. The summed E-state index contributed by atoms with van der Waals surface area (Å²) in [6, 6.07) is 13.6. The molecule has 0 radical (unpaired) electrons. The van der Waals surface area contributed by atoms with Gasteiger partial charge in [-0.15, -0.1) is 0 Å². The van der Waals surface area contributed by atoms with Gasteiger partial charge in [-0.3, -0.25) is 4.79 Å². The second-order valence-corrected chi connectivity index (χ2v) is 9.18.